The number of ether oxygens (including phenoxy) is 2. The van der Waals surface area contributed by atoms with Crippen LogP contribution in [0.1, 0.15) is 40.8 Å². The summed E-state index contributed by atoms with van der Waals surface area (Å²) in [6.45, 7) is 4.07. The van der Waals surface area contributed by atoms with Gasteiger partial charge in [-0.3, -0.25) is 14.7 Å². The molecule has 0 radical (unpaired) electrons. The molecule has 6 nitrogen and oxygen atoms in total. The zero-order valence-corrected chi connectivity index (χ0v) is 21.1. The largest absolute Gasteiger partial charge is 0.493 e. The molecule has 0 N–H and O–H groups in total. The second kappa shape index (κ2) is 9.88. The summed E-state index contributed by atoms with van der Waals surface area (Å²) in [6.07, 6.45) is 4.88. The van der Waals surface area contributed by atoms with E-state index in [1.54, 1.807) is 26.6 Å². The normalized spacial score (nSPS) is 19.6. The zero-order valence-electron chi connectivity index (χ0n) is 20.3. The van der Waals surface area contributed by atoms with Crippen LogP contribution < -0.4 is 9.47 Å². The van der Waals surface area contributed by atoms with Crippen molar-refractivity contribution in [2.45, 2.75) is 44.9 Å². The lowest BCUT2D eigenvalue weighted by Gasteiger charge is -2.42. The number of pyridine rings is 1. The van der Waals surface area contributed by atoms with E-state index in [1.165, 1.54) is 16.7 Å². The first kappa shape index (κ1) is 23.6. The number of halogens is 1. The highest BCUT2D eigenvalue weighted by atomic mass is 35.5. The van der Waals surface area contributed by atoms with Crippen molar-refractivity contribution in [2.24, 2.45) is 0 Å². The fourth-order valence-electron chi connectivity index (χ4n) is 5.38. The van der Waals surface area contributed by atoms with Crippen molar-refractivity contribution < 1.29 is 14.3 Å². The maximum absolute atomic E-state index is 14.1. The maximum atomic E-state index is 14.1. The zero-order chi connectivity index (χ0) is 24.5. The van der Waals surface area contributed by atoms with Gasteiger partial charge in [0.25, 0.3) is 0 Å². The predicted octanol–water partition coefficient (Wildman–Crippen LogP) is 4.83. The van der Waals surface area contributed by atoms with Crippen LogP contribution in [0.4, 0.5) is 0 Å². The van der Waals surface area contributed by atoms with Crippen molar-refractivity contribution in [1.82, 2.24) is 14.8 Å². The second-order valence-corrected chi connectivity index (χ2v) is 9.63. The fraction of sp³-hybridized carbons (Fsp3) is 0.357. The number of amides is 1. The first-order valence-electron chi connectivity index (χ1n) is 11.9. The lowest BCUT2D eigenvalue weighted by atomic mass is 9.89. The van der Waals surface area contributed by atoms with E-state index < -0.39 is 0 Å². The van der Waals surface area contributed by atoms with Crippen LogP contribution in [0.15, 0.2) is 54.9 Å². The molecule has 1 unspecified atom stereocenters. The molecule has 5 rings (SSSR count). The number of benzene rings is 2. The van der Waals surface area contributed by atoms with Crippen LogP contribution in [0.3, 0.4) is 0 Å². The van der Waals surface area contributed by atoms with Crippen LogP contribution in [0.2, 0.25) is 5.02 Å². The summed E-state index contributed by atoms with van der Waals surface area (Å²) in [5, 5.41) is 0.624. The third kappa shape index (κ3) is 4.48. The minimum Gasteiger partial charge on any atom is -0.493 e. The number of fused-ring (bicyclic) bond motifs is 2. The lowest BCUT2D eigenvalue weighted by molar-refractivity contribution is -0.140. The molecule has 2 aliphatic heterocycles. The van der Waals surface area contributed by atoms with E-state index in [1.807, 2.05) is 23.1 Å². The summed E-state index contributed by atoms with van der Waals surface area (Å²) in [5.74, 6) is 1.56. The number of carbonyl (C=O) groups excluding carboxylic acids is 1. The van der Waals surface area contributed by atoms with Gasteiger partial charge in [-0.25, -0.2) is 0 Å². The third-order valence-electron chi connectivity index (χ3n) is 7.33. The predicted molar refractivity (Wildman–Crippen MR) is 136 cm³/mol. The van der Waals surface area contributed by atoms with Crippen molar-refractivity contribution in [3.05, 3.63) is 87.7 Å². The molecule has 0 spiro atoms. The summed E-state index contributed by atoms with van der Waals surface area (Å²) >= 11 is 6.45. The van der Waals surface area contributed by atoms with Gasteiger partial charge in [-0.1, -0.05) is 35.9 Å². The Morgan fingerprint density at radius 3 is 2.57 bits per heavy atom. The van der Waals surface area contributed by atoms with Crippen LogP contribution in [-0.2, 0) is 30.7 Å². The minimum absolute atomic E-state index is 0.0606. The Morgan fingerprint density at radius 1 is 1.09 bits per heavy atom. The number of aromatic nitrogens is 1. The van der Waals surface area contributed by atoms with Gasteiger partial charge in [-0.05, 0) is 65.8 Å². The molecule has 0 saturated heterocycles. The van der Waals surface area contributed by atoms with E-state index in [0.29, 0.717) is 36.8 Å². The average Bonchev–Trinajstić information content (AvgIpc) is 2.88. The molecule has 2 atom stereocenters. The molecule has 35 heavy (non-hydrogen) atoms. The highest BCUT2D eigenvalue weighted by Crippen LogP contribution is 2.39. The highest BCUT2D eigenvalue weighted by molar-refractivity contribution is 6.31. The van der Waals surface area contributed by atoms with E-state index in [-0.39, 0.29) is 18.0 Å². The highest BCUT2D eigenvalue weighted by Gasteiger charge is 2.38. The number of hydrogen-bond donors (Lipinski definition) is 0. The van der Waals surface area contributed by atoms with Crippen molar-refractivity contribution in [3.63, 3.8) is 0 Å². The Hall–Kier alpha value is -3.09. The first-order valence-corrected chi connectivity index (χ1v) is 12.3. The molecule has 0 fully saturated rings. The average molecular weight is 492 g/mol. The molecule has 3 aromatic rings. The summed E-state index contributed by atoms with van der Waals surface area (Å²) in [5.41, 5.74) is 5.79. The topological polar surface area (TPSA) is 54.9 Å². The van der Waals surface area contributed by atoms with Crippen LogP contribution in [0, 0.1) is 0 Å². The molecular formula is C28H30ClN3O3. The molecule has 0 bridgehead atoms. The van der Waals surface area contributed by atoms with Crippen LogP contribution in [-0.4, -0.2) is 47.5 Å². The minimum atomic E-state index is -0.265. The summed E-state index contributed by atoms with van der Waals surface area (Å²) < 4.78 is 11.0. The van der Waals surface area contributed by atoms with Gasteiger partial charge in [0.15, 0.2) is 11.5 Å². The number of carbonyl (C=O) groups is 1. The smallest absolute Gasteiger partial charge is 0.240 e. The van der Waals surface area contributed by atoms with Crippen molar-refractivity contribution >= 4 is 17.5 Å². The molecular weight excluding hydrogens is 462 g/mol. The van der Waals surface area contributed by atoms with E-state index in [9.17, 15) is 4.79 Å². The van der Waals surface area contributed by atoms with Gasteiger partial charge in [0.05, 0.1) is 31.3 Å². The maximum Gasteiger partial charge on any atom is 0.240 e. The molecule has 2 aliphatic rings. The quantitative estimate of drug-likeness (QED) is 0.512. The van der Waals surface area contributed by atoms with Gasteiger partial charge in [0.2, 0.25) is 5.91 Å². The van der Waals surface area contributed by atoms with Crippen LogP contribution >= 0.6 is 11.6 Å². The monoisotopic (exact) mass is 491 g/mol. The van der Waals surface area contributed by atoms with E-state index >= 15 is 0 Å². The fourth-order valence-corrected chi connectivity index (χ4v) is 5.55. The Balaban J connectivity index is 1.46. The summed E-state index contributed by atoms with van der Waals surface area (Å²) in [7, 11) is 3.29. The molecule has 1 amide bonds. The summed E-state index contributed by atoms with van der Waals surface area (Å²) in [6, 6.07) is 14.1. The Labute approximate surface area is 211 Å². The Kier molecular flexibility index (Phi) is 6.67. The molecule has 0 saturated carbocycles. The van der Waals surface area contributed by atoms with Crippen molar-refractivity contribution in [2.75, 3.05) is 20.8 Å². The van der Waals surface area contributed by atoms with Gasteiger partial charge in [-0.2, -0.15) is 0 Å². The number of methoxy groups -OCH3 is 2. The second-order valence-electron chi connectivity index (χ2n) is 9.22. The van der Waals surface area contributed by atoms with Crippen LogP contribution in [0.5, 0.6) is 11.5 Å². The van der Waals surface area contributed by atoms with Gasteiger partial charge in [-0.15, -0.1) is 0 Å². The Bertz CT molecular complexity index is 1250. The van der Waals surface area contributed by atoms with Crippen LogP contribution in [0.25, 0.3) is 0 Å². The van der Waals surface area contributed by atoms with E-state index in [0.717, 1.165) is 23.3 Å². The Morgan fingerprint density at radius 2 is 1.83 bits per heavy atom. The summed E-state index contributed by atoms with van der Waals surface area (Å²) in [4.78, 5) is 22.5. The molecule has 3 heterocycles. The molecule has 182 valence electrons. The first-order chi connectivity index (χ1) is 17.0. The van der Waals surface area contributed by atoms with E-state index in [2.05, 4.69) is 41.1 Å². The number of hydrogen-bond acceptors (Lipinski definition) is 5. The van der Waals surface area contributed by atoms with Gasteiger partial charge >= 0.3 is 0 Å². The third-order valence-corrected chi connectivity index (χ3v) is 7.67. The molecule has 7 heteroatoms. The van der Waals surface area contributed by atoms with Gasteiger partial charge in [0, 0.05) is 32.0 Å². The number of rotatable bonds is 5. The standard InChI is InChI=1S/C28H30ClN3O3/c1-18-23-14-27(35-3)26(34-2)13-20(23)9-11-32(18)28(33)25-12-19-6-4-5-7-21(19)16-31(25)17-22-8-10-30-15-24(22)29/h4-8,10,13-15,18,25H,9,11-12,16-17H2,1-3H3/t18-,25?/m1/s1. The van der Waals surface area contributed by atoms with E-state index in [4.69, 9.17) is 21.1 Å². The van der Waals surface area contributed by atoms with Gasteiger partial charge in [0.1, 0.15) is 0 Å². The molecule has 1 aromatic heterocycles. The SMILES string of the molecule is COc1cc2c(cc1OC)[C@@H](C)N(C(=O)C1Cc3ccccc3CN1Cc1ccncc1Cl)CC2. The number of nitrogens with zero attached hydrogens (tertiary/aromatic N) is 3. The van der Waals surface area contributed by atoms with Crippen molar-refractivity contribution in [1.29, 1.82) is 0 Å². The van der Waals surface area contributed by atoms with Crippen molar-refractivity contribution in [3.8, 4) is 11.5 Å². The lowest BCUT2D eigenvalue weighted by Crippen LogP contribution is -2.53. The van der Waals surface area contributed by atoms with Gasteiger partial charge < -0.3 is 14.4 Å². The molecule has 0 aliphatic carbocycles. The molecule has 2 aromatic carbocycles.